The van der Waals surface area contributed by atoms with Crippen LogP contribution in [0.2, 0.25) is 0 Å². The molecule has 2 aliphatic rings. The Labute approximate surface area is 473 Å². The van der Waals surface area contributed by atoms with Gasteiger partial charge in [0.15, 0.2) is 12.4 Å². The fourth-order valence-corrected chi connectivity index (χ4v) is 11.1. The summed E-state index contributed by atoms with van der Waals surface area (Å²) in [5.74, 6) is 0.0830. The van der Waals surface area contributed by atoms with Gasteiger partial charge in [-0.05, 0) is 91.8 Å². The number of ether oxygens (including phenoxy) is 3. The van der Waals surface area contributed by atoms with E-state index in [-0.39, 0.29) is 44.5 Å². The molecule has 0 fully saturated rings. The number of hydrogen-bond donors (Lipinski definition) is 2. The summed E-state index contributed by atoms with van der Waals surface area (Å²) in [6.07, 6.45) is 19.3. The zero-order chi connectivity index (χ0) is 51.0. The van der Waals surface area contributed by atoms with Gasteiger partial charge >= 0.3 is 0 Å². The number of fused-ring (bicyclic) bond motifs is 4. The number of nitrogens with zero attached hydrogens (tertiary/aromatic N) is 4. The van der Waals surface area contributed by atoms with Crippen LogP contribution in [-0.4, -0.2) is 78.6 Å². The van der Waals surface area contributed by atoms with Gasteiger partial charge in [0.1, 0.15) is 13.1 Å². The van der Waals surface area contributed by atoms with Crippen LogP contribution in [0.15, 0.2) is 141 Å². The van der Waals surface area contributed by atoms with Crippen molar-refractivity contribution in [2.45, 2.75) is 101 Å². The average molecular weight is 1110 g/mol. The first-order valence-corrected chi connectivity index (χ1v) is 28.0. The summed E-state index contributed by atoms with van der Waals surface area (Å²) in [4.78, 5) is 30.2. The Morgan fingerprint density at radius 2 is 0.986 bits per heavy atom. The Bertz CT molecular complexity index is 2790. The first-order valence-electron chi connectivity index (χ1n) is 26.3. The third-order valence-corrected chi connectivity index (χ3v) is 15.3. The molecular weight excluding hydrogens is 1040 g/mol. The summed E-state index contributed by atoms with van der Waals surface area (Å²) >= 11 is 3.67. The largest absolute Gasteiger partial charge is 0.379 e. The molecular formula is C60H76N6O5S2Y+2. The van der Waals surface area contributed by atoms with Gasteiger partial charge in [0.2, 0.25) is 22.8 Å². The maximum atomic E-state index is 12.3. The molecule has 2 N–H and O–H groups in total. The standard InChI is InChI=1S/C36H48N4O5S.C24H27N2S.Y/c1-29(41)37-18-10-22-43-24-26-45-27-25-44-23-11-19-38-35(42)16-4-3-9-20-40-21-17-30(31-12-5-6-13-32(31)40)28-36-39(2)33-14-7-8-15-34(33)46-36;1-3-4-5-10-16-26-17-15-19(20-11-6-7-12-21(20)26)18-24-25(2)22-13-8-9-14-23(22)27-24;/h5-8,12-15,17,21,28H,3-4,9-11,16,18-20,22-27H2,1-2H3,(H-,37,38,41,42);6-9,11-15,17-18H,3-5,10,16H2,1-2H3;/q;+1;/p+1. The van der Waals surface area contributed by atoms with Gasteiger partial charge < -0.3 is 34.6 Å². The molecule has 14 heteroatoms. The number of carbonyl (C=O) groups is 2. The van der Waals surface area contributed by atoms with Crippen LogP contribution in [0.25, 0.3) is 34.0 Å². The zero-order valence-electron chi connectivity index (χ0n) is 44.1. The van der Waals surface area contributed by atoms with Gasteiger partial charge in [-0.2, -0.15) is 9.13 Å². The number of unbranched alkanes of at least 4 members (excludes halogenated alkanes) is 5. The van der Waals surface area contributed by atoms with Crippen LogP contribution in [0.5, 0.6) is 0 Å². The minimum absolute atomic E-state index is 0. The molecule has 0 saturated carbocycles. The molecule has 11 nitrogen and oxygen atoms in total. The molecule has 2 aliphatic heterocycles. The predicted molar refractivity (Wildman–Crippen MR) is 302 cm³/mol. The van der Waals surface area contributed by atoms with Gasteiger partial charge in [0.05, 0.1) is 58.6 Å². The van der Waals surface area contributed by atoms with Crippen LogP contribution < -0.4 is 29.6 Å². The quantitative estimate of drug-likeness (QED) is 0.0386. The van der Waals surface area contributed by atoms with E-state index in [2.05, 4.69) is 184 Å². The molecule has 0 bridgehead atoms. The zero-order valence-corrected chi connectivity index (χ0v) is 48.5. The molecule has 8 rings (SSSR count). The normalized spacial score (nSPS) is 13.7. The molecule has 2 amide bonds. The van der Waals surface area contributed by atoms with Crippen LogP contribution in [0, 0.1) is 0 Å². The van der Waals surface area contributed by atoms with E-state index in [4.69, 9.17) is 14.2 Å². The van der Waals surface area contributed by atoms with Gasteiger partial charge in [-0.1, -0.05) is 91.8 Å². The van der Waals surface area contributed by atoms with Crippen molar-refractivity contribution >= 4 is 80.7 Å². The number of carbonyl (C=O) groups excluding carboxylic acids is 2. The summed E-state index contributed by atoms with van der Waals surface area (Å²) < 4.78 is 21.2. The van der Waals surface area contributed by atoms with Crippen molar-refractivity contribution in [1.29, 1.82) is 0 Å². The van der Waals surface area contributed by atoms with Crippen LogP contribution in [0.1, 0.15) is 89.2 Å². The van der Waals surface area contributed by atoms with E-state index in [0.717, 1.165) is 45.2 Å². The van der Waals surface area contributed by atoms with Crippen LogP contribution in [0.4, 0.5) is 11.4 Å². The average Bonchev–Trinajstić information content (AvgIpc) is 3.91. The van der Waals surface area contributed by atoms with E-state index in [0.29, 0.717) is 59.2 Å². The smallest absolute Gasteiger partial charge is 0.219 e. The maximum Gasteiger partial charge on any atom is 0.219 e. The topological polar surface area (TPSA) is 100 Å². The van der Waals surface area contributed by atoms with E-state index in [1.165, 1.54) is 96.8 Å². The number of pyridine rings is 2. The van der Waals surface area contributed by atoms with Crippen molar-refractivity contribution in [3.63, 3.8) is 0 Å². The Hall–Kier alpha value is -4.60. The fourth-order valence-electron chi connectivity index (χ4n) is 8.94. The number of aryl methyl sites for hydroxylation is 2. The first kappa shape index (κ1) is 58.7. The minimum atomic E-state index is -0.0215. The predicted octanol–water partition coefficient (Wildman–Crippen LogP) is 11.6. The molecule has 1 radical (unpaired) electrons. The summed E-state index contributed by atoms with van der Waals surface area (Å²) in [6, 6.07) is 39.0. The Morgan fingerprint density at radius 3 is 1.47 bits per heavy atom. The second-order valence-corrected chi connectivity index (χ2v) is 20.6. The number of nitrogens with one attached hydrogen (secondary N) is 2. The van der Waals surface area contributed by atoms with E-state index in [1.807, 2.05) is 23.5 Å². The van der Waals surface area contributed by atoms with E-state index in [9.17, 15) is 9.59 Å². The first-order chi connectivity index (χ1) is 35.8. The van der Waals surface area contributed by atoms with Crippen molar-refractivity contribution in [2.75, 3.05) is 76.6 Å². The molecule has 2 aromatic heterocycles. The number of rotatable bonds is 27. The van der Waals surface area contributed by atoms with E-state index < -0.39 is 0 Å². The number of aromatic nitrogens is 2. The number of benzene rings is 4. The summed E-state index contributed by atoms with van der Waals surface area (Å²) in [7, 11) is 4.29. The molecule has 74 heavy (non-hydrogen) atoms. The van der Waals surface area contributed by atoms with Crippen molar-refractivity contribution in [1.82, 2.24) is 10.6 Å². The summed E-state index contributed by atoms with van der Waals surface area (Å²) in [5.41, 5.74) is 7.61. The van der Waals surface area contributed by atoms with Crippen LogP contribution in [0.3, 0.4) is 0 Å². The molecule has 0 unspecified atom stereocenters. The molecule has 4 aromatic carbocycles. The van der Waals surface area contributed by atoms with Crippen molar-refractivity contribution in [3.05, 3.63) is 143 Å². The monoisotopic (exact) mass is 1110 g/mol. The number of thioether (sulfide) groups is 2. The Kier molecular flexibility index (Phi) is 25.4. The molecule has 0 spiro atoms. The van der Waals surface area contributed by atoms with Crippen molar-refractivity contribution < 1.29 is 65.6 Å². The molecule has 0 atom stereocenters. The second-order valence-electron chi connectivity index (χ2n) is 18.4. The van der Waals surface area contributed by atoms with Gasteiger partial charge in [-0.3, -0.25) is 9.59 Å². The molecule has 0 saturated heterocycles. The fraction of sp³-hybridized carbons (Fsp3) is 0.400. The van der Waals surface area contributed by atoms with Crippen molar-refractivity contribution in [3.8, 4) is 0 Å². The number of amides is 2. The van der Waals surface area contributed by atoms with Crippen LogP contribution >= 0.6 is 23.5 Å². The Balaban J connectivity index is 0.000000270. The van der Waals surface area contributed by atoms with Gasteiger partial charge in [0, 0.05) is 133 Å². The maximum absolute atomic E-state index is 12.3. The SMILES string of the molecule is CC(=O)NCCCOCCOCCOCCCNC(=O)CCCCC[n+]1ccc(C=C2Sc3ccccc3N2C)c2ccccc21.CCCCCC[n+]1ccc(C=C2Sc3ccccc3N2C)c2ccccc21.[Y]. The van der Waals surface area contributed by atoms with Gasteiger partial charge in [-0.15, -0.1) is 0 Å². The van der Waals surface area contributed by atoms with Crippen molar-refractivity contribution in [2.24, 2.45) is 0 Å². The van der Waals surface area contributed by atoms with Gasteiger partial charge in [-0.25, -0.2) is 0 Å². The molecule has 389 valence electrons. The second kappa shape index (κ2) is 32.1. The van der Waals surface area contributed by atoms with Crippen LogP contribution in [-0.2, 0) is 69.6 Å². The van der Waals surface area contributed by atoms with Gasteiger partial charge in [0.25, 0.3) is 0 Å². The number of anilines is 2. The summed E-state index contributed by atoms with van der Waals surface area (Å²) in [5, 5.41) is 10.8. The summed E-state index contributed by atoms with van der Waals surface area (Å²) in [6.45, 7) is 10.3. The molecule has 4 heterocycles. The third-order valence-electron chi connectivity index (χ3n) is 12.9. The molecule has 0 aliphatic carbocycles. The number of para-hydroxylation sites is 4. The third kappa shape index (κ3) is 17.7. The minimum Gasteiger partial charge on any atom is -0.379 e. The van der Waals surface area contributed by atoms with E-state index in [1.54, 1.807) is 0 Å². The number of hydrogen-bond acceptors (Lipinski definition) is 9. The van der Waals surface area contributed by atoms with E-state index >= 15 is 0 Å². The Morgan fingerprint density at radius 1 is 0.541 bits per heavy atom. The molecule has 6 aromatic rings.